The van der Waals surface area contributed by atoms with Crippen molar-refractivity contribution in [3.63, 3.8) is 0 Å². The average molecular weight is 272 g/mol. The maximum atomic E-state index is 12.2. The molecule has 19 heavy (non-hydrogen) atoms. The van der Waals surface area contributed by atoms with Crippen LogP contribution in [0.4, 0.5) is 4.79 Å². The molecule has 6 nitrogen and oxygen atoms in total. The van der Waals surface area contributed by atoms with Gasteiger partial charge in [-0.1, -0.05) is 13.3 Å². The Labute approximate surface area is 114 Å². The molecule has 0 aliphatic carbocycles. The predicted octanol–water partition coefficient (Wildman–Crippen LogP) is 0.997. The molecule has 0 saturated carbocycles. The maximum Gasteiger partial charge on any atom is 0.320 e. The number of amides is 2. The standard InChI is InChI=1S/C13H24N2O4/c1-3-5-13(11(17)18)6-7-15(10-13)12(19)14(4-2)8-9-16/h16H,3-10H2,1-2H3,(H,17,18). The van der Waals surface area contributed by atoms with Crippen molar-refractivity contribution in [3.8, 4) is 0 Å². The molecule has 6 heteroatoms. The third-order valence-electron chi connectivity index (χ3n) is 3.83. The number of likely N-dealkylation sites (N-methyl/N-ethyl adjacent to an activating group) is 1. The van der Waals surface area contributed by atoms with E-state index in [2.05, 4.69) is 0 Å². The highest BCUT2D eigenvalue weighted by Gasteiger charge is 2.45. The SMILES string of the molecule is CCCC1(C(=O)O)CCN(C(=O)N(CC)CCO)C1. The largest absolute Gasteiger partial charge is 0.481 e. The molecule has 2 N–H and O–H groups in total. The van der Waals surface area contributed by atoms with E-state index in [4.69, 9.17) is 5.11 Å². The quantitative estimate of drug-likeness (QED) is 0.755. The van der Waals surface area contributed by atoms with Crippen molar-refractivity contribution in [2.75, 3.05) is 32.8 Å². The smallest absolute Gasteiger partial charge is 0.320 e. The lowest BCUT2D eigenvalue weighted by Crippen LogP contribution is -2.45. The van der Waals surface area contributed by atoms with Gasteiger partial charge in [0.15, 0.2) is 0 Å². The second-order valence-electron chi connectivity index (χ2n) is 5.09. The minimum atomic E-state index is -0.810. The van der Waals surface area contributed by atoms with Gasteiger partial charge in [0.2, 0.25) is 0 Å². The molecule has 1 unspecified atom stereocenters. The van der Waals surface area contributed by atoms with Crippen molar-refractivity contribution in [1.82, 2.24) is 9.80 Å². The van der Waals surface area contributed by atoms with Gasteiger partial charge in [-0.2, -0.15) is 0 Å². The van der Waals surface area contributed by atoms with Gasteiger partial charge in [-0.3, -0.25) is 4.79 Å². The van der Waals surface area contributed by atoms with Crippen LogP contribution < -0.4 is 0 Å². The Bertz CT molecular complexity index is 335. The molecule has 1 saturated heterocycles. The van der Waals surface area contributed by atoms with Crippen LogP contribution in [-0.4, -0.2) is 64.8 Å². The molecule has 1 fully saturated rings. The Morgan fingerprint density at radius 1 is 1.37 bits per heavy atom. The van der Waals surface area contributed by atoms with Crippen LogP contribution in [0.5, 0.6) is 0 Å². The van der Waals surface area contributed by atoms with E-state index >= 15 is 0 Å². The summed E-state index contributed by atoms with van der Waals surface area (Å²) in [4.78, 5) is 26.8. The lowest BCUT2D eigenvalue weighted by Gasteiger charge is -2.28. The van der Waals surface area contributed by atoms with Gasteiger partial charge in [-0.15, -0.1) is 0 Å². The third kappa shape index (κ3) is 3.37. The lowest BCUT2D eigenvalue weighted by atomic mass is 9.83. The molecule has 2 amide bonds. The number of aliphatic hydroxyl groups is 1. The summed E-state index contributed by atoms with van der Waals surface area (Å²) in [5.41, 5.74) is -0.789. The normalized spacial score (nSPS) is 22.6. The van der Waals surface area contributed by atoms with E-state index in [1.807, 2.05) is 13.8 Å². The van der Waals surface area contributed by atoms with Crippen LogP contribution in [-0.2, 0) is 4.79 Å². The highest BCUT2D eigenvalue weighted by molar-refractivity contribution is 5.79. The first kappa shape index (κ1) is 15.8. The van der Waals surface area contributed by atoms with E-state index < -0.39 is 11.4 Å². The number of likely N-dealkylation sites (tertiary alicyclic amines) is 1. The number of carboxylic acid groups (broad SMARTS) is 1. The number of aliphatic carboxylic acids is 1. The number of hydrogen-bond donors (Lipinski definition) is 2. The van der Waals surface area contributed by atoms with Gasteiger partial charge in [0.1, 0.15) is 0 Å². The first-order valence-electron chi connectivity index (χ1n) is 6.89. The van der Waals surface area contributed by atoms with Gasteiger partial charge in [-0.05, 0) is 19.8 Å². The Balaban J connectivity index is 2.73. The highest BCUT2D eigenvalue weighted by Crippen LogP contribution is 2.35. The topological polar surface area (TPSA) is 81.1 Å². The summed E-state index contributed by atoms with van der Waals surface area (Å²) in [5, 5.41) is 18.3. The van der Waals surface area contributed by atoms with Gasteiger partial charge in [0.05, 0.1) is 12.0 Å². The molecular weight excluding hydrogens is 248 g/mol. The van der Waals surface area contributed by atoms with Crippen molar-refractivity contribution in [2.45, 2.75) is 33.1 Å². The zero-order chi connectivity index (χ0) is 14.5. The Kier molecular flexibility index (Phi) is 5.60. The molecule has 0 radical (unpaired) electrons. The van der Waals surface area contributed by atoms with E-state index in [1.165, 1.54) is 0 Å². The molecule has 0 spiro atoms. The minimum absolute atomic E-state index is 0.0769. The van der Waals surface area contributed by atoms with E-state index in [1.54, 1.807) is 9.80 Å². The van der Waals surface area contributed by atoms with E-state index in [0.29, 0.717) is 32.5 Å². The summed E-state index contributed by atoms with van der Waals surface area (Å²) in [6.45, 7) is 5.29. The number of aliphatic hydroxyl groups excluding tert-OH is 1. The van der Waals surface area contributed by atoms with Gasteiger partial charge in [0, 0.05) is 26.2 Å². The molecule has 0 aromatic heterocycles. The fourth-order valence-electron chi connectivity index (χ4n) is 2.71. The Hall–Kier alpha value is -1.30. The Morgan fingerprint density at radius 2 is 2.05 bits per heavy atom. The first-order chi connectivity index (χ1) is 9.00. The predicted molar refractivity (Wildman–Crippen MR) is 70.9 cm³/mol. The number of urea groups is 1. The van der Waals surface area contributed by atoms with Gasteiger partial charge in [-0.25, -0.2) is 4.79 Å². The number of hydrogen-bond acceptors (Lipinski definition) is 3. The van der Waals surface area contributed by atoms with Gasteiger partial charge < -0.3 is 20.0 Å². The molecule has 1 rings (SSSR count). The van der Waals surface area contributed by atoms with Crippen LogP contribution in [0.3, 0.4) is 0 Å². The van der Waals surface area contributed by atoms with Crippen LogP contribution in [0.1, 0.15) is 33.1 Å². The average Bonchev–Trinajstić information content (AvgIpc) is 2.81. The molecule has 1 aliphatic heterocycles. The molecule has 0 aromatic rings. The summed E-state index contributed by atoms with van der Waals surface area (Å²) in [7, 11) is 0. The minimum Gasteiger partial charge on any atom is -0.481 e. The number of carbonyl (C=O) groups is 2. The summed E-state index contributed by atoms with van der Waals surface area (Å²) in [5.74, 6) is -0.810. The molecule has 1 heterocycles. The van der Waals surface area contributed by atoms with E-state index in [-0.39, 0.29) is 19.2 Å². The van der Waals surface area contributed by atoms with Crippen LogP contribution in [0.15, 0.2) is 0 Å². The Morgan fingerprint density at radius 3 is 2.53 bits per heavy atom. The monoisotopic (exact) mass is 272 g/mol. The van der Waals surface area contributed by atoms with Crippen molar-refractivity contribution < 1.29 is 19.8 Å². The van der Waals surface area contributed by atoms with Crippen LogP contribution in [0, 0.1) is 5.41 Å². The molecule has 1 aliphatic rings. The summed E-state index contributed by atoms with van der Waals surface area (Å²) >= 11 is 0. The third-order valence-corrected chi connectivity index (χ3v) is 3.83. The van der Waals surface area contributed by atoms with Crippen molar-refractivity contribution in [3.05, 3.63) is 0 Å². The molecule has 110 valence electrons. The first-order valence-corrected chi connectivity index (χ1v) is 6.89. The molecule has 1 atom stereocenters. The number of carbonyl (C=O) groups excluding carboxylic acids is 1. The van der Waals surface area contributed by atoms with E-state index in [0.717, 1.165) is 6.42 Å². The van der Waals surface area contributed by atoms with Crippen LogP contribution >= 0.6 is 0 Å². The molecule has 0 bridgehead atoms. The summed E-state index contributed by atoms with van der Waals surface area (Å²) < 4.78 is 0. The van der Waals surface area contributed by atoms with Gasteiger partial charge >= 0.3 is 12.0 Å². The zero-order valence-corrected chi connectivity index (χ0v) is 11.8. The highest BCUT2D eigenvalue weighted by atomic mass is 16.4. The summed E-state index contributed by atoms with van der Waals surface area (Å²) in [6, 6.07) is -0.171. The second-order valence-corrected chi connectivity index (χ2v) is 5.09. The van der Waals surface area contributed by atoms with Crippen LogP contribution in [0.25, 0.3) is 0 Å². The van der Waals surface area contributed by atoms with Crippen LogP contribution in [0.2, 0.25) is 0 Å². The lowest BCUT2D eigenvalue weighted by molar-refractivity contribution is -0.148. The number of carboxylic acids is 1. The maximum absolute atomic E-state index is 12.2. The number of nitrogens with zero attached hydrogens (tertiary/aromatic N) is 2. The van der Waals surface area contributed by atoms with Gasteiger partial charge in [0.25, 0.3) is 0 Å². The van der Waals surface area contributed by atoms with E-state index in [9.17, 15) is 14.7 Å². The fourth-order valence-corrected chi connectivity index (χ4v) is 2.71. The molecule has 0 aromatic carbocycles. The summed E-state index contributed by atoms with van der Waals surface area (Å²) in [6.07, 6.45) is 1.90. The zero-order valence-electron chi connectivity index (χ0n) is 11.8. The number of rotatable bonds is 6. The van der Waals surface area contributed by atoms with Crippen molar-refractivity contribution >= 4 is 12.0 Å². The second kappa shape index (κ2) is 6.75. The molecular formula is C13H24N2O4. The van der Waals surface area contributed by atoms with Crippen molar-refractivity contribution in [2.24, 2.45) is 5.41 Å². The fraction of sp³-hybridized carbons (Fsp3) is 0.846. The van der Waals surface area contributed by atoms with Crippen molar-refractivity contribution in [1.29, 1.82) is 0 Å².